The van der Waals surface area contributed by atoms with E-state index in [4.69, 9.17) is 14.9 Å². The number of hydrogen-bond acceptors (Lipinski definition) is 6. The zero-order valence-corrected chi connectivity index (χ0v) is 20.0. The lowest BCUT2D eigenvalue weighted by Crippen LogP contribution is -2.24. The van der Waals surface area contributed by atoms with Crippen LogP contribution in [0.2, 0.25) is 0 Å². The highest BCUT2D eigenvalue weighted by atomic mass is 16.5. The molecule has 0 aromatic heterocycles. The van der Waals surface area contributed by atoms with Gasteiger partial charge >= 0.3 is 5.97 Å². The lowest BCUT2D eigenvalue weighted by molar-refractivity contribution is -0.143. The molecule has 0 unspecified atom stereocenters. The molecule has 0 aliphatic heterocycles. The summed E-state index contributed by atoms with van der Waals surface area (Å²) < 4.78 is 5.12. The number of nitrogens with one attached hydrogen (secondary N) is 1. The Morgan fingerprint density at radius 1 is 0.742 bits per heavy atom. The van der Waals surface area contributed by atoms with Crippen molar-refractivity contribution >= 4 is 11.9 Å². The summed E-state index contributed by atoms with van der Waals surface area (Å²) in [7, 11) is 0. The number of ether oxygens (including phenoxy) is 1. The number of hydrogen-bond donors (Lipinski definition) is 4. The van der Waals surface area contributed by atoms with Gasteiger partial charge < -0.3 is 26.0 Å². The molecular weight excluding hydrogens is 396 g/mol. The van der Waals surface area contributed by atoms with Crippen LogP contribution < -0.4 is 11.1 Å². The van der Waals surface area contributed by atoms with Gasteiger partial charge in [0.15, 0.2) is 0 Å². The number of carbonyl (C=O) groups excluding carboxylic acids is 2. The average Bonchev–Trinajstić information content (AvgIpc) is 2.76. The van der Waals surface area contributed by atoms with Gasteiger partial charge in [0.25, 0.3) is 0 Å². The number of carbonyl (C=O) groups is 2. The summed E-state index contributed by atoms with van der Waals surface area (Å²) in [5.41, 5.74) is 4.40. The molecule has 0 fully saturated rings. The lowest BCUT2D eigenvalue weighted by Gasteiger charge is -2.06. The van der Waals surface area contributed by atoms with Crippen LogP contribution in [0.5, 0.6) is 0 Å². The fraction of sp³-hybridized carbons (Fsp3) is 0.917. The predicted molar refractivity (Wildman–Crippen MR) is 127 cm³/mol. The molecule has 0 radical (unpaired) electrons. The molecule has 0 rings (SSSR count). The molecule has 0 saturated heterocycles. The van der Waals surface area contributed by atoms with Gasteiger partial charge in [-0.1, -0.05) is 96.8 Å². The largest absolute Gasteiger partial charge is 0.464 e. The molecule has 0 aromatic carbocycles. The molecule has 0 saturated carbocycles. The van der Waals surface area contributed by atoms with Crippen molar-refractivity contribution in [2.24, 2.45) is 5.73 Å². The first-order valence-corrected chi connectivity index (χ1v) is 12.4. The molecule has 0 aliphatic rings. The second-order valence-electron chi connectivity index (χ2n) is 8.02. The Bertz CT molecular complexity index is 381. The van der Waals surface area contributed by atoms with E-state index in [0.717, 1.165) is 12.8 Å². The van der Waals surface area contributed by atoms with Crippen LogP contribution in [0.4, 0.5) is 0 Å². The van der Waals surface area contributed by atoms with E-state index >= 15 is 0 Å². The number of rotatable bonds is 22. The Morgan fingerprint density at radius 3 is 1.55 bits per heavy atom. The van der Waals surface area contributed by atoms with Gasteiger partial charge in [0.1, 0.15) is 13.2 Å². The summed E-state index contributed by atoms with van der Waals surface area (Å²) in [4.78, 5) is 20.9. The topological polar surface area (TPSA) is 122 Å². The fourth-order valence-corrected chi connectivity index (χ4v) is 3.15. The molecule has 0 heterocycles. The number of amides is 1. The molecule has 0 bridgehead atoms. The van der Waals surface area contributed by atoms with Crippen LogP contribution in [-0.2, 0) is 14.3 Å². The number of unbranched alkanes of at least 4 members (excludes halogenated alkanes) is 14. The quantitative estimate of drug-likeness (QED) is 0.148. The summed E-state index contributed by atoms with van der Waals surface area (Å²) in [6.07, 6.45) is 20.6. The van der Waals surface area contributed by atoms with Crippen LogP contribution in [0.15, 0.2) is 0 Å². The minimum absolute atomic E-state index is 0.0921. The Morgan fingerprint density at radius 2 is 1.16 bits per heavy atom. The smallest absolute Gasteiger partial charge is 0.305 e. The molecule has 5 N–H and O–H groups in total. The maximum Gasteiger partial charge on any atom is 0.305 e. The van der Waals surface area contributed by atoms with E-state index in [1.165, 1.54) is 83.5 Å². The van der Waals surface area contributed by atoms with Crippen molar-refractivity contribution in [1.29, 1.82) is 0 Å². The number of aliphatic hydroxyl groups excluding tert-OH is 2. The lowest BCUT2D eigenvalue weighted by atomic mass is 10.0. The normalized spacial score (nSPS) is 10.4. The van der Waals surface area contributed by atoms with Gasteiger partial charge in [-0.15, -0.1) is 0 Å². The van der Waals surface area contributed by atoms with Gasteiger partial charge in [-0.2, -0.15) is 0 Å². The van der Waals surface area contributed by atoms with E-state index < -0.39 is 12.5 Å². The molecule has 31 heavy (non-hydrogen) atoms. The average molecular weight is 447 g/mol. The summed E-state index contributed by atoms with van der Waals surface area (Å²) in [6, 6.07) is 0. The molecule has 0 aliphatic carbocycles. The second kappa shape index (κ2) is 28.8. The first-order valence-electron chi connectivity index (χ1n) is 12.4. The molecule has 1 amide bonds. The number of primary amides is 1. The van der Waals surface area contributed by atoms with Gasteiger partial charge in [0, 0.05) is 19.5 Å². The Hall–Kier alpha value is -1.18. The van der Waals surface area contributed by atoms with Gasteiger partial charge in [-0.25, -0.2) is 0 Å². The van der Waals surface area contributed by atoms with Crippen LogP contribution in [0, 0.1) is 0 Å². The highest BCUT2D eigenvalue weighted by Crippen LogP contribution is 2.13. The predicted octanol–water partition coefficient (Wildman–Crippen LogP) is 3.84. The minimum Gasteiger partial charge on any atom is -0.464 e. The van der Waals surface area contributed by atoms with Crippen molar-refractivity contribution in [3.05, 3.63) is 0 Å². The van der Waals surface area contributed by atoms with Crippen LogP contribution >= 0.6 is 0 Å². The van der Waals surface area contributed by atoms with Crippen molar-refractivity contribution in [3.8, 4) is 0 Å². The summed E-state index contributed by atoms with van der Waals surface area (Å²) >= 11 is 0. The molecule has 0 atom stereocenters. The zero-order valence-electron chi connectivity index (χ0n) is 20.0. The van der Waals surface area contributed by atoms with Crippen LogP contribution in [0.3, 0.4) is 0 Å². The highest BCUT2D eigenvalue weighted by molar-refractivity contribution is 5.74. The molecule has 7 nitrogen and oxygen atoms in total. The van der Waals surface area contributed by atoms with E-state index in [-0.39, 0.29) is 12.6 Å². The molecular formula is C24H50N2O5. The van der Waals surface area contributed by atoms with E-state index in [9.17, 15) is 9.59 Å². The van der Waals surface area contributed by atoms with Crippen LogP contribution in [0.25, 0.3) is 0 Å². The third kappa shape index (κ3) is 33.7. The molecule has 7 heteroatoms. The van der Waals surface area contributed by atoms with E-state index in [1.54, 1.807) is 0 Å². The molecule has 0 spiro atoms. The van der Waals surface area contributed by atoms with E-state index in [0.29, 0.717) is 26.1 Å². The first kappa shape index (κ1) is 32.0. The van der Waals surface area contributed by atoms with Crippen molar-refractivity contribution in [2.75, 3.05) is 32.9 Å². The SMILES string of the molecule is CCCCCCCCCCCCCCCCCC(=O)OCCNCCO.NC(=O)CO. The van der Waals surface area contributed by atoms with Gasteiger partial charge in [0.2, 0.25) is 5.91 Å². The Balaban J connectivity index is 0. The highest BCUT2D eigenvalue weighted by Gasteiger charge is 2.02. The number of esters is 1. The maximum atomic E-state index is 11.5. The van der Waals surface area contributed by atoms with E-state index in [1.807, 2.05) is 0 Å². The second-order valence-corrected chi connectivity index (χ2v) is 8.02. The molecule has 0 aromatic rings. The van der Waals surface area contributed by atoms with Crippen molar-refractivity contribution < 1.29 is 24.5 Å². The third-order valence-electron chi connectivity index (χ3n) is 4.97. The summed E-state index contributed by atoms with van der Waals surface area (Å²) in [5.74, 6) is -0.782. The minimum atomic E-state index is -0.690. The van der Waals surface area contributed by atoms with Gasteiger partial charge in [0.05, 0.1) is 6.61 Å². The molecule has 186 valence electrons. The van der Waals surface area contributed by atoms with Crippen LogP contribution in [-0.4, -0.2) is 55.0 Å². The van der Waals surface area contributed by atoms with Crippen LogP contribution in [0.1, 0.15) is 110 Å². The van der Waals surface area contributed by atoms with Crippen molar-refractivity contribution in [2.45, 2.75) is 110 Å². The maximum absolute atomic E-state index is 11.5. The third-order valence-corrected chi connectivity index (χ3v) is 4.97. The summed E-state index contributed by atoms with van der Waals surface area (Å²) in [6.45, 7) is 3.41. The van der Waals surface area contributed by atoms with Crippen molar-refractivity contribution in [1.82, 2.24) is 5.32 Å². The zero-order chi connectivity index (χ0) is 23.4. The first-order chi connectivity index (χ1) is 15.1. The van der Waals surface area contributed by atoms with Gasteiger partial charge in [-0.05, 0) is 6.42 Å². The van der Waals surface area contributed by atoms with Gasteiger partial charge in [-0.3, -0.25) is 9.59 Å². The number of nitrogens with two attached hydrogens (primary N) is 1. The number of aliphatic hydroxyl groups is 2. The monoisotopic (exact) mass is 446 g/mol. The van der Waals surface area contributed by atoms with E-state index in [2.05, 4.69) is 18.0 Å². The Labute approximate surface area is 190 Å². The summed E-state index contributed by atoms with van der Waals surface area (Å²) in [5, 5.41) is 19.3. The van der Waals surface area contributed by atoms with Crippen molar-refractivity contribution in [3.63, 3.8) is 0 Å². The fourth-order valence-electron chi connectivity index (χ4n) is 3.15. The standard InChI is InChI=1S/C22H45NO3.C2H5NO2/c1-2-3-4-5-6-7-8-9-10-11-12-13-14-15-16-17-22(25)26-21-19-23-18-20-24;3-2(5)1-4/h23-24H,2-21H2,1H3;4H,1H2,(H2,3,5). The Kier molecular flexibility index (Phi) is 29.8.